The molecule has 0 fully saturated rings. The summed E-state index contributed by atoms with van der Waals surface area (Å²) < 4.78 is 6.70. The summed E-state index contributed by atoms with van der Waals surface area (Å²) in [4.78, 5) is 26.5. The molecule has 7 nitrogen and oxygen atoms in total. The molecular formula is C18H32N4O3. The molecule has 0 saturated heterocycles. The number of anilines is 1. The molecule has 0 atom stereocenters. The lowest BCUT2D eigenvalue weighted by molar-refractivity contribution is -0.142. The molecule has 0 aliphatic rings. The van der Waals surface area contributed by atoms with E-state index in [1.807, 2.05) is 26.8 Å². The summed E-state index contributed by atoms with van der Waals surface area (Å²) in [6.07, 6.45) is 0. The van der Waals surface area contributed by atoms with E-state index in [9.17, 15) is 9.59 Å². The van der Waals surface area contributed by atoms with Crippen molar-refractivity contribution < 1.29 is 14.3 Å². The Balaban J connectivity index is 2.84. The van der Waals surface area contributed by atoms with Gasteiger partial charge in [0.15, 0.2) is 0 Å². The van der Waals surface area contributed by atoms with Gasteiger partial charge in [-0.05, 0) is 0 Å². The fourth-order valence-corrected chi connectivity index (χ4v) is 2.23. The van der Waals surface area contributed by atoms with E-state index in [-0.39, 0.29) is 23.8 Å². The number of hydrogen-bond acceptors (Lipinski definition) is 4. The van der Waals surface area contributed by atoms with Gasteiger partial charge in [0.05, 0.1) is 12.3 Å². The molecule has 0 radical (unpaired) electrons. The minimum atomic E-state index is -0.556. The highest BCUT2D eigenvalue weighted by atomic mass is 16.5. The minimum Gasteiger partial charge on any atom is -0.383 e. The molecule has 0 unspecified atom stereocenters. The third-order valence-electron chi connectivity index (χ3n) is 3.74. The van der Waals surface area contributed by atoms with Gasteiger partial charge in [-0.1, -0.05) is 41.5 Å². The lowest BCUT2D eigenvalue weighted by atomic mass is 9.92. The Morgan fingerprint density at radius 3 is 2.28 bits per heavy atom. The first kappa shape index (κ1) is 21.2. The second kappa shape index (κ2) is 7.99. The van der Waals surface area contributed by atoms with E-state index in [0.29, 0.717) is 19.0 Å². The van der Waals surface area contributed by atoms with Crippen LogP contribution in [0.1, 0.15) is 47.2 Å². The van der Waals surface area contributed by atoms with Crippen molar-refractivity contribution in [3.8, 4) is 0 Å². The molecule has 0 spiro atoms. The Morgan fingerprint density at radius 2 is 1.84 bits per heavy atom. The average Bonchev–Trinajstić information content (AvgIpc) is 2.83. The molecule has 142 valence electrons. The Hall–Kier alpha value is -1.89. The van der Waals surface area contributed by atoms with E-state index in [4.69, 9.17) is 4.74 Å². The van der Waals surface area contributed by atoms with Crippen LogP contribution in [-0.2, 0) is 26.8 Å². The van der Waals surface area contributed by atoms with Gasteiger partial charge >= 0.3 is 0 Å². The zero-order valence-electron chi connectivity index (χ0n) is 16.8. The highest BCUT2D eigenvalue weighted by molar-refractivity contribution is 5.94. The number of carbonyl (C=O) groups is 2. The molecule has 1 N–H and O–H groups in total. The predicted molar refractivity (Wildman–Crippen MR) is 98.4 cm³/mol. The largest absolute Gasteiger partial charge is 0.383 e. The molecule has 0 saturated carbocycles. The number of nitrogens with one attached hydrogen (secondary N) is 1. The first-order chi connectivity index (χ1) is 11.4. The van der Waals surface area contributed by atoms with Gasteiger partial charge in [-0.25, -0.2) is 0 Å². The smallest absolute Gasteiger partial charge is 0.245 e. The van der Waals surface area contributed by atoms with E-state index < -0.39 is 5.41 Å². The Morgan fingerprint density at radius 1 is 1.24 bits per heavy atom. The van der Waals surface area contributed by atoms with Crippen LogP contribution in [0.3, 0.4) is 0 Å². The zero-order chi connectivity index (χ0) is 19.4. The first-order valence-electron chi connectivity index (χ1n) is 8.49. The molecule has 0 aliphatic carbocycles. The second-order valence-electron chi connectivity index (χ2n) is 8.31. The van der Waals surface area contributed by atoms with Crippen LogP contribution < -0.4 is 5.32 Å². The standard InChI is InChI=1S/C18H32N4O3/c1-17(2,3)13-11-14(21(7)20-13)19-15(23)12-22(9-10-25-8)16(24)18(4,5)6/h11H,9-10,12H2,1-8H3,(H,19,23). The van der Waals surface area contributed by atoms with Crippen LogP contribution in [-0.4, -0.2) is 53.3 Å². The molecule has 1 aromatic rings. The van der Waals surface area contributed by atoms with E-state index in [1.54, 1.807) is 18.8 Å². The van der Waals surface area contributed by atoms with Crippen LogP contribution in [0, 0.1) is 5.41 Å². The number of methoxy groups -OCH3 is 1. The molecule has 25 heavy (non-hydrogen) atoms. The van der Waals surface area contributed by atoms with Gasteiger partial charge in [0.25, 0.3) is 0 Å². The minimum absolute atomic E-state index is 0.0184. The van der Waals surface area contributed by atoms with E-state index in [2.05, 4.69) is 31.2 Å². The fraction of sp³-hybridized carbons (Fsp3) is 0.722. The summed E-state index contributed by atoms with van der Waals surface area (Å²) in [6, 6.07) is 1.86. The molecule has 1 rings (SSSR count). The number of hydrogen-bond donors (Lipinski definition) is 1. The maximum absolute atomic E-state index is 12.5. The van der Waals surface area contributed by atoms with Gasteiger partial charge in [0.2, 0.25) is 11.8 Å². The highest BCUT2D eigenvalue weighted by Gasteiger charge is 2.28. The summed E-state index contributed by atoms with van der Waals surface area (Å²) >= 11 is 0. The molecule has 7 heteroatoms. The van der Waals surface area contributed by atoms with Crippen LogP contribution >= 0.6 is 0 Å². The second-order valence-corrected chi connectivity index (χ2v) is 8.31. The van der Waals surface area contributed by atoms with E-state index >= 15 is 0 Å². The van der Waals surface area contributed by atoms with E-state index in [0.717, 1.165) is 5.69 Å². The molecule has 0 aliphatic heterocycles. The molecule has 1 heterocycles. The van der Waals surface area contributed by atoms with Crippen molar-refractivity contribution in [1.82, 2.24) is 14.7 Å². The monoisotopic (exact) mass is 352 g/mol. The number of rotatable bonds is 6. The third kappa shape index (κ3) is 6.16. The normalized spacial score (nSPS) is 12.2. The van der Waals surface area contributed by atoms with Crippen LogP contribution in [0.2, 0.25) is 0 Å². The zero-order valence-corrected chi connectivity index (χ0v) is 16.8. The van der Waals surface area contributed by atoms with Gasteiger partial charge in [0, 0.05) is 37.6 Å². The van der Waals surface area contributed by atoms with Gasteiger partial charge in [-0.3, -0.25) is 14.3 Å². The number of nitrogens with zero attached hydrogens (tertiary/aromatic N) is 3. The number of aromatic nitrogens is 2. The predicted octanol–water partition coefficient (Wildman–Crippen LogP) is 2.18. The van der Waals surface area contributed by atoms with Crippen LogP contribution in [0.5, 0.6) is 0 Å². The molecule has 0 bridgehead atoms. The molecule has 1 aromatic heterocycles. The summed E-state index contributed by atoms with van der Waals surface area (Å²) in [5, 5.41) is 7.28. The van der Waals surface area contributed by atoms with Crippen molar-refractivity contribution in [2.75, 3.05) is 32.1 Å². The molecule has 2 amide bonds. The van der Waals surface area contributed by atoms with Gasteiger partial charge in [-0.15, -0.1) is 0 Å². The number of aryl methyl sites for hydroxylation is 1. The maximum atomic E-state index is 12.5. The lowest BCUT2D eigenvalue weighted by Crippen LogP contribution is -2.45. The number of carbonyl (C=O) groups excluding carboxylic acids is 2. The number of ether oxygens (including phenoxy) is 1. The van der Waals surface area contributed by atoms with Gasteiger partial charge in [-0.2, -0.15) is 5.10 Å². The average molecular weight is 352 g/mol. The third-order valence-corrected chi connectivity index (χ3v) is 3.74. The van der Waals surface area contributed by atoms with Crippen LogP contribution in [0.4, 0.5) is 5.82 Å². The van der Waals surface area contributed by atoms with Crippen LogP contribution in [0.15, 0.2) is 6.07 Å². The number of amides is 2. The van der Waals surface area contributed by atoms with Crippen molar-refractivity contribution in [3.63, 3.8) is 0 Å². The maximum Gasteiger partial charge on any atom is 0.245 e. The SMILES string of the molecule is COCCN(CC(=O)Nc1cc(C(C)(C)C)nn1C)C(=O)C(C)(C)C. The highest BCUT2D eigenvalue weighted by Crippen LogP contribution is 2.23. The van der Waals surface area contributed by atoms with Gasteiger partial charge in [0.1, 0.15) is 12.4 Å². The van der Waals surface area contributed by atoms with Crippen molar-refractivity contribution in [1.29, 1.82) is 0 Å². The Kier molecular flexibility index (Phi) is 6.76. The summed E-state index contributed by atoms with van der Waals surface area (Å²) in [5.74, 6) is 0.280. The fourth-order valence-electron chi connectivity index (χ4n) is 2.23. The van der Waals surface area contributed by atoms with E-state index in [1.165, 1.54) is 4.90 Å². The van der Waals surface area contributed by atoms with Crippen molar-refractivity contribution >= 4 is 17.6 Å². The summed E-state index contributed by atoms with van der Waals surface area (Å²) in [6.45, 7) is 12.4. The first-order valence-corrected chi connectivity index (χ1v) is 8.49. The lowest BCUT2D eigenvalue weighted by Gasteiger charge is -2.28. The van der Waals surface area contributed by atoms with Crippen molar-refractivity contribution in [2.24, 2.45) is 12.5 Å². The van der Waals surface area contributed by atoms with Crippen LogP contribution in [0.25, 0.3) is 0 Å². The van der Waals surface area contributed by atoms with Gasteiger partial charge < -0.3 is 15.0 Å². The van der Waals surface area contributed by atoms with Crippen molar-refractivity contribution in [3.05, 3.63) is 11.8 Å². The Bertz CT molecular complexity index is 609. The topological polar surface area (TPSA) is 76.5 Å². The quantitative estimate of drug-likeness (QED) is 0.851. The summed E-state index contributed by atoms with van der Waals surface area (Å²) in [7, 11) is 3.36. The molecular weight excluding hydrogens is 320 g/mol. The van der Waals surface area contributed by atoms with Crippen molar-refractivity contribution in [2.45, 2.75) is 47.0 Å². The molecule has 0 aromatic carbocycles. The Labute approximate surface area is 150 Å². The summed E-state index contributed by atoms with van der Waals surface area (Å²) in [5.41, 5.74) is 0.236.